The van der Waals surface area contributed by atoms with Crippen LogP contribution in [0.25, 0.3) is 0 Å². The Labute approximate surface area is 178 Å². The average molecular weight is 452 g/mol. The zero-order chi connectivity index (χ0) is 22.0. The van der Waals surface area contributed by atoms with Gasteiger partial charge in [-0.05, 0) is 54.7 Å². The summed E-state index contributed by atoms with van der Waals surface area (Å²) in [7, 11) is -4.06. The van der Waals surface area contributed by atoms with Gasteiger partial charge in [-0.25, -0.2) is 21.9 Å². The SMILES string of the molecule is O=C(CCNS(=O)(=O)c1ccc(F)c(F)c1)NC(c1ccc2c(c1)OCCO2)C1CC1. The van der Waals surface area contributed by atoms with E-state index in [4.69, 9.17) is 9.47 Å². The summed E-state index contributed by atoms with van der Waals surface area (Å²) in [6.07, 6.45) is 1.88. The summed E-state index contributed by atoms with van der Waals surface area (Å²) in [5.74, 6) is -1.09. The Kier molecular flexibility index (Phi) is 6.10. The monoisotopic (exact) mass is 452 g/mol. The first kappa shape index (κ1) is 21.5. The second-order valence-electron chi connectivity index (χ2n) is 7.51. The number of carbonyl (C=O) groups is 1. The Balaban J connectivity index is 1.35. The molecule has 1 aliphatic carbocycles. The predicted molar refractivity (Wildman–Crippen MR) is 107 cm³/mol. The molecule has 1 fully saturated rings. The largest absolute Gasteiger partial charge is 0.486 e. The lowest BCUT2D eigenvalue weighted by atomic mass is 10.0. The van der Waals surface area contributed by atoms with Crippen LogP contribution < -0.4 is 19.5 Å². The maximum absolute atomic E-state index is 13.3. The van der Waals surface area contributed by atoms with Crippen molar-refractivity contribution in [2.45, 2.75) is 30.2 Å². The minimum absolute atomic E-state index is 0.101. The summed E-state index contributed by atoms with van der Waals surface area (Å²) in [4.78, 5) is 12.1. The molecule has 2 N–H and O–H groups in total. The lowest BCUT2D eigenvalue weighted by Gasteiger charge is -2.23. The molecule has 2 aromatic rings. The molecule has 1 heterocycles. The molecule has 0 aromatic heterocycles. The molecule has 1 aliphatic heterocycles. The van der Waals surface area contributed by atoms with Crippen LogP contribution in [0, 0.1) is 17.6 Å². The zero-order valence-electron chi connectivity index (χ0n) is 16.6. The Morgan fingerprint density at radius 1 is 1.03 bits per heavy atom. The minimum Gasteiger partial charge on any atom is -0.486 e. The van der Waals surface area contributed by atoms with Crippen LogP contribution in [0.2, 0.25) is 0 Å². The summed E-state index contributed by atoms with van der Waals surface area (Å²) in [5.41, 5.74) is 0.905. The molecule has 0 saturated heterocycles. The first-order chi connectivity index (χ1) is 14.8. The Hall–Kier alpha value is -2.72. The molecule has 1 saturated carbocycles. The van der Waals surface area contributed by atoms with Crippen molar-refractivity contribution in [1.82, 2.24) is 10.0 Å². The van der Waals surface area contributed by atoms with E-state index < -0.39 is 26.6 Å². The Morgan fingerprint density at radius 2 is 1.77 bits per heavy atom. The third kappa shape index (κ3) is 5.13. The molecule has 7 nitrogen and oxygen atoms in total. The van der Waals surface area contributed by atoms with E-state index in [1.54, 1.807) is 0 Å². The molecule has 0 spiro atoms. The lowest BCUT2D eigenvalue weighted by Crippen LogP contribution is -2.33. The Morgan fingerprint density at radius 3 is 2.48 bits per heavy atom. The number of rotatable bonds is 8. The van der Waals surface area contributed by atoms with Gasteiger partial charge in [0.2, 0.25) is 15.9 Å². The summed E-state index contributed by atoms with van der Waals surface area (Å²) in [6, 6.07) is 7.68. The van der Waals surface area contributed by atoms with Crippen molar-refractivity contribution in [3.8, 4) is 11.5 Å². The van der Waals surface area contributed by atoms with E-state index in [0.29, 0.717) is 36.7 Å². The van der Waals surface area contributed by atoms with Crippen molar-refractivity contribution < 1.29 is 31.5 Å². The van der Waals surface area contributed by atoms with Gasteiger partial charge >= 0.3 is 0 Å². The van der Waals surface area contributed by atoms with Crippen LogP contribution in [0.3, 0.4) is 0 Å². The van der Waals surface area contributed by atoms with Crippen LogP contribution in [0.4, 0.5) is 8.78 Å². The smallest absolute Gasteiger partial charge is 0.240 e. The van der Waals surface area contributed by atoms with Crippen molar-refractivity contribution >= 4 is 15.9 Å². The highest BCUT2D eigenvalue weighted by Crippen LogP contribution is 2.43. The number of hydrogen-bond acceptors (Lipinski definition) is 5. The molecule has 1 unspecified atom stereocenters. The normalized spacial score (nSPS) is 16.6. The second-order valence-corrected chi connectivity index (χ2v) is 9.28. The fourth-order valence-corrected chi connectivity index (χ4v) is 4.47. The highest BCUT2D eigenvalue weighted by Gasteiger charge is 2.34. The average Bonchev–Trinajstić information content (AvgIpc) is 3.58. The molecule has 166 valence electrons. The van der Waals surface area contributed by atoms with Crippen molar-refractivity contribution in [2.75, 3.05) is 19.8 Å². The van der Waals surface area contributed by atoms with E-state index in [9.17, 15) is 22.0 Å². The van der Waals surface area contributed by atoms with Crippen molar-refractivity contribution in [2.24, 2.45) is 5.92 Å². The number of sulfonamides is 1. The molecule has 2 aliphatic rings. The minimum atomic E-state index is -4.06. The van der Waals surface area contributed by atoms with E-state index in [0.717, 1.165) is 30.5 Å². The summed E-state index contributed by atoms with van der Waals surface area (Å²) in [5, 5.41) is 2.96. The number of carbonyl (C=O) groups excluding carboxylic acids is 1. The molecule has 31 heavy (non-hydrogen) atoms. The van der Waals surface area contributed by atoms with Crippen molar-refractivity contribution in [3.63, 3.8) is 0 Å². The highest BCUT2D eigenvalue weighted by molar-refractivity contribution is 7.89. The molecular weight excluding hydrogens is 430 g/mol. The van der Waals surface area contributed by atoms with Crippen molar-refractivity contribution in [3.05, 3.63) is 53.6 Å². The van der Waals surface area contributed by atoms with E-state index in [-0.39, 0.29) is 24.9 Å². The highest BCUT2D eigenvalue weighted by atomic mass is 32.2. The predicted octanol–water partition coefficient (Wildman–Crippen LogP) is 2.67. The van der Waals surface area contributed by atoms with Gasteiger partial charge in [0.25, 0.3) is 0 Å². The van der Waals surface area contributed by atoms with Gasteiger partial charge in [0.05, 0.1) is 10.9 Å². The third-order valence-corrected chi connectivity index (χ3v) is 6.64. The molecular formula is C21H22F2N2O5S. The molecule has 10 heteroatoms. The van der Waals surface area contributed by atoms with Crippen LogP contribution >= 0.6 is 0 Å². The molecule has 2 aromatic carbocycles. The van der Waals surface area contributed by atoms with Crippen LogP contribution in [-0.4, -0.2) is 34.1 Å². The fraction of sp³-hybridized carbons (Fsp3) is 0.381. The van der Waals surface area contributed by atoms with Crippen molar-refractivity contribution in [1.29, 1.82) is 0 Å². The van der Waals surface area contributed by atoms with Crippen LogP contribution in [0.5, 0.6) is 11.5 Å². The number of halogens is 2. The molecule has 0 radical (unpaired) electrons. The number of nitrogens with one attached hydrogen (secondary N) is 2. The molecule has 4 rings (SSSR count). The summed E-state index contributed by atoms with van der Waals surface area (Å²) < 4.78 is 64.1. The number of benzene rings is 2. The quantitative estimate of drug-likeness (QED) is 0.642. The van der Waals surface area contributed by atoms with E-state index in [2.05, 4.69) is 10.0 Å². The molecule has 1 atom stereocenters. The molecule has 0 bridgehead atoms. The topological polar surface area (TPSA) is 93.7 Å². The second kappa shape index (κ2) is 8.80. The molecule has 1 amide bonds. The summed E-state index contributed by atoms with van der Waals surface area (Å²) >= 11 is 0. The van der Waals surface area contributed by atoms with Gasteiger partial charge in [-0.2, -0.15) is 0 Å². The van der Waals surface area contributed by atoms with E-state index >= 15 is 0 Å². The van der Waals surface area contributed by atoms with Gasteiger partial charge in [-0.1, -0.05) is 6.07 Å². The van der Waals surface area contributed by atoms with Crippen LogP contribution in [0.15, 0.2) is 41.3 Å². The third-order valence-electron chi connectivity index (χ3n) is 5.18. The van der Waals surface area contributed by atoms with Crippen LogP contribution in [0.1, 0.15) is 30.9 Å². The van der Waals surface area contributed by atoms with Gasteiger partial charge in [-0.15, -0.1) is 0 Å². The first-order valence-corrected chi connectivity index (χ1v) is 11.5. The van der Waals surface area contributed by atoms with E-state index in [1.807, 2.05) is 18.2 Å². The van der Waals surface area contributed by atoms with E-state index in [1.165, 1.54) is 0 Å². The zero-order valence-corrected chi connectivity index (χ0v) is 17.4. The summed E-state index contributed by atoms with van der Waals surface area (Å²) in [6.45, 7) is 0.788. The van der Waals surface area contributed by atoms with Crippen LogP contribution in [-0.2, 0) is 14.8 Å². The van der Waals surface area contributed by atoms with Gasteiger partial charge < -0.3 is 14.8 Å². The number of amides is 1. The number of ether oxygens (including phenoxy) is 2. The number of fused-ring (bicyclic) bond motifs is 1. The standard InChI is InChI=1S/C21H22F2N2O5S/c22-16-5-4-15(12-17(16)23)31(27,28)24-8-7-20(26)25-21(13-1-2-13)14-3-6-18-19(11-14)30-10-9-29-18/h3-6,11-13,21,24H,1-2,7-10H2,(H,25,26). The number of hydrogen-bond donors (Lipinski definition) is 2. The maximum Gasteiger partial charge on any atom is 0.240 e. The van der Waals surface area contributed by atoms with Gasteiger partial charge in [0.1, 0.15) is 13.2 Å². The Bertz CT molecular complexity index is 1090. The van der Waals surface area contributed by atoms with Gasteiger partial charge in [0.15, 0.2) is 23.1 Å². The fourth-order valence-electron chi connectivity index (χ4n) is 3.43. The van der Waals surface area contributed by atoms with Gasteiger partial charge in [0, 0.05) is 13.0 Å². The van der Waals surface area contributed by atoms with Gasteiger partial charge in [-0.3, -0.25) is 4.79 Å². The lowest BCUT2D eigenvalue weighted by molar-refractivity contribution is -0.121. The maximum atomic E-state index is 13.3. The first-order valence-electron chi connectivity index (χ1n) is 9.97.